The van der Waals surface area contributed by atoms with Gasteiger partial charge in [0, 0.05) is 22.3 Å². The summed E-state index contributed by atoms with van der Waals surface area (Å²) in [5, 5.41) is 2.50. The lowest BCUT2D eigenvalue weighted by Gasteiger charge is -2.11. The Morgan fingerprint density at radius 1 is 1.05 bits per heavy atom. The summed E-state index contributed by atoms with van der Waals surface area (Å²) in [5.74, 6) is -0.301. The van der Waals surface area contributed by atoms with E-state index in [0.29, 0.717) is 5.56 Å². The molecule has 0 bridgehead atoms. The number of carbonyl (C=O) groups excluding carboxylic acids is 1. The molecule has 2 aromatic rings. The van der Waals surface area contributed by atoms with E-state index >= 15 is 0 Å². The SMILES string of the molecule is O=C(C=CNc1ccccc1C(F)(F)F)c1ccc(Br)cc1. The van der Waals surface area contributed by atoms with Crippen LogP contribution in [0.4, 0.5) is 18.9 Å². The predicted octanol–water partition coefficient (Wildman–Crippen LogP) is 5.28. The molecule has 0 unspecified atom stereocenters. The quantitative estimate of drug-likeness (QED) is 0.586. The van der Waals surface area contributed by atoms with Gasteiger partial charge in [-0.25, -0.2) is 0 Å². The number of nitrogens with one attached hydrogen (secondary N) is 1. The zero-order valence-electron chi connectivity index (χ0n) is 11.2. The van der Waals surface area contributed by atoms with E-state index in [-0.39, 0.29) is 11.5 Å². The first kappa shape index (κ1) is 16.3. The average Bonchev–Trinajstić information content (AvgIpc) is 2.47. The van der Waals surface area contributed by atoms with Crippen molar-refractivity contribution in [3.63, 3.8) is 0 Å². The number of ketones is 1. The number of para-hydroxylation sites is 1. The van der Waals surface area contributed by atoms with Crippen LogP contribution in [-0.2, 0) is 6.18 Å². The minimum absolute atomic E-state index is 0.102. The third-order valence-electron chi connectivity index (χ3n) is 2.83. The highest BCUT2D eigenvalue weighted by atomic mass is 79.9. The van der Waals surface area contributed by atoms with Crippen LogP contribution in [0.25, 0.3) is 0 Å². The van der Waals surface area contributed by atoms with E-state index in [2.05, 4.69) is 21.2 Å². The Hall–Kier alpha value is -2.08. The lowest BCUT2D eigenvalue weighted by atomic mass is 10.1. The van der Waals surface area contributed by atoms with Gasteiger partial charge in [0.25, 0.3) is 0 Å². The van der Waals surface area contributed by atoms with Gasteiger partial charge in [-0.2, -0.15) is 13.2 Å². The Kier molecular flexibility index (Phi) is 5.03. The number of carbonyl (C=O) groups is 1. The van der Waals surface area contributed by atoms with Gasteiger partial charge in [0.05, 0.1) is 11.3 Å². The summed E-state index contributed by atoms with van der Waals surface area (Å²) in [6.45, 7) is 0. The first-order chi connectivity index (χ1) is 10.4. The third-order valence-corrected chi connectivity index (χ3v) is 3.36. The molecule has 0 aromatic heterocycles. The highest BCUT2D eigenvalue weighted by Gasteiger charge is 2.32. The summed E-state index contributed by atoms with van der Waals surface area (Å²) < 4.78 is 39.2. The number of hydrogen-bond acceptors (Lipinski definition) is 2. The molecule has 0 aliphatic carbocycles. The number of allylic oxidation sites excluding steroid dienone is 1. The maximum absolute atomic E-state index is 12.8. The summed E-state index contributed by atoms with van der Waals surface area (Å²) in [7, 11) is 0. The highest BCUT2D eigenvalue weighted by molar-refractivity contribution is 9.10. The second-order valence-corrected chi connectivity index (χ2v) is 5.31. The van der Waals surface area contributed by atoms with Crippen LogP contribution in [0.2, 0.25) is 0 Å². The van der Waals surface area contributed by atoms with Gasteiger partial charge in [0.15, 0.2) is 5.78 Å². The molecule has 0 aliphatic rings. The summed E-state index contributed by atoms with van der Waals surface area (Å²) in [5.41, 5.74) is -0.434. The van der Waals surface area contributed by atoms with Crippen molar-refractivity contribution in [2.24, 2.45) is 0 Å². The highest BCUT2D eigenvalue weighted by Crippen LogP contribution is 2.34. The molecule has 114 valence electrons. The Labute approximate surface area is 133 Å². The summed E-state index contributed by atoms with van der Waals surface area (Å²) in [6, 6.07) is 11.8. The Morgan fingerprint density at radius 3 is 2.32 bits per heavy atom. The van der Waals surface area contributed by atoms with E-state index in [4.69, 9.17) is 0 Å². The minimum Gasteiger partial charge on any atom is -0.361 e. The molecule has 0 radical (unpaired) electrons. The lowest BCUT2D eigenvalue weighted by Crippen LogP contribution is -2.08. The van der Waals surface area contributed by atoms with Gasteiger partial charge in [0.2, 0.25) is 0 Å². The largest absolute Gasteiger partial charge is 0.418 e. The fraction of sp³-hybridized carbons (Fsp3) is 0.0625. The second kappa shape index (κ2) is 6.79. The van der Waals surface area contributed by atoms with Crippen LogP contribution in [0.1, 0.15) is 15.9 Å². The van der Waals surface area contributed by atoms with Gasteiger partial charge in [-0.15, -0.1) is 0 Å². The third kappa shape index (κ3) is 4.21. The molecular weight excluding hydrogens is 359 g/mol. The van der Waals surface area contributed by atoms with Crippen molar-refractivity contribution in [3.05, 3.63) is 76.4 Å². The second-order valence-electron chi connectivity index (χ2n) is 4.39. The fourth-order valence-corrected chi connectivity index (χ4v) is 2.04. The Balaban J connectivity index is 2.10. The van der Waals surface area contributed by atoms with Crippen LogP contribution in [-0.4, -0.2) is 5.78 Å². The Bertz CT molecular complexity index is 693. The van der Waals surface area contributed by atoms with Crippen molar-refractivity contribution in [2.75, 3.05) is 5.32 Å². The van der Waals surface area contributed by atoms with Gasteiger partial charge in [0.1, 0.15) is 0 Å². The predicted molar refractivity (Wildman–Crippen MR) is 82.7 cm³/mol. The van der Waals surface area contributed by atoms with Crippen molar-refractivity contribution in [2.45, 2.75) is 6.18 Å². The summed E-state index contributed by atoms with van der Waals surface area (Å²) in [4.78, 5) is 11.9. The van der Waals surface area contributed by atoms with Crippen molar-refractivity contribution in [1.29, 1.82) is 0 Å². The van der Waals surface area contributed by atoms with Crippen molar-refractivity contribution in [3.8, 4) is 0 Å². The normalized spacial score (nSPS) is 11.6. The number of anilines is 1. The van der Waals surface area contributed by atoms with Crippen LogP contribution in [0.3, 0.4) is 0 Å². The maximum Gasteiger partial charge on any atom is 0.418 e. The maximum atomic E-state index is 12.8. The van der Waals surface area contributed by atoms with Crippen LogP contribution >= 0.6 is 15.9 Å². The van der Waals surface area contributed by atoms with E-state index in [1.807, 2.05) is 0 Å². The van der Waals surface area contributed by atoms with Crippen molar-refractivity contribution in [1.82, 2.24) is 0 Å². The van der Waals surface area contributed by atoms with Crippen LogP contribution in [0.15, 0.2) is 65.3 Å². The van der Waals surface area contributed by atoms with Gasteiger partial charge < -0.3 is 5.32 Å². The van der Waals surface area contributed by atoms with Crippen LogP contribution in [0, 0.1) is 0 Å². The molecule has 0 fully saturated rings. The van der Waals surface area contributed by atoms with Gasteiger partial charge in [-0.1, -0.05) is 28.1 Å². The van der Waals surface area contributed by atoms with Gasteiger partial charge >= 0.3 is 6.18 Å². The summed E-state index contributed by atoms with van der Waals surface area (Å²) in [6.07, 6.45) is -2.06. The van der Waals surface area contributed by atoms with E-state index in [1.54, 1.807) is 24.3 Å². The topological polar surface area (TPSA) is 29.1 Å². The first-order valence-corrected chi connectivity index (χ1v) is 7.06. The zero-order chi connectivity index (χ0) is 16.2. The van der Waals surface area contributed by atoms with Crippen LogP contribution in [0.5, 0.6) is 0 Å². The molecular formula is C16H11BrF3NO. The molecule has 0 amide bonds. The van der Waals surface area contributed by atoms with E-state index in [9.17, 15) is 18.0 Å². The van der Waals surface area contributed by atoms with Crippen LogP contribution < -0.4 is 5.32 Å². The molecule has 2 nitrogen and oxygen atoms in total. The van der Waals surface area contributed by atoms with E-state index in [1.165, 1.54) is 30.5 Å². The van der Waals surface area contributed by atoms with Crippen molar-refractivity contribution < 1.29 is 18.0 Å². The smallest absolute Gasteiger partial charge is 0.361 e. The summed E-state index contributed by atoms with van der Waals surface area (Å²) >= 11 is 3.26. The molecule has 6 heteroatoms. The van der Waals surface area contributed by atoms with Gasteiger partial charge in [-0.05, 0) is 36.4 Å². The standard InChI is InChI=1S/C16H11BrF3NO/c17-12-7-5-11(6-8-12)15(22)9-10-21-14-4-2-1-3-13(14)16(18,19)20/h1-10,21H. The molecule has 0 saturated heterocycles. The average molecular weight is 370 g/mol. The number of halogens is 4. The number of hydrogen-bond donors (Lipinski definition) is 1. The lowest BCUT2D eigenvalue weighted by molar-refractivity contribution is -0.136. The molecule has 0 aliphatic heterocycles. The number of alkyl halides is 3. The molecule has 1 N–H and O–H groups in total. The van der Waals surface area contributed by atoms with E-state index < -0.39 is 11.7 Å². The van der Waals surface area contributed by atoms with Gasteiger partial charge in [-0.3, -0.25) is 4.79 Å². The monoisotopic (exact) mass is 369 g/mol. The van der Waals surface area contributed by atoms with Crippen molar-refractivity contribution >= 4 is 27.4 Å². The molecule has 0 heterocycles. The molecule has 0 saturated carbocycles. The fourth-order valence-electron chi connectivity index (χ4n) is 1.77. The molecule has 2 rings (SSSR count). The Morgan fingerprint density at radius 2 is 1.68 bits per heavy atom. The molecule has 22 heavy (non-hydrogen) atoms. The molecule has 2 aromatic carbocycles. The van der Waals surface area contributed by atoms with E-state index in [0.717, 1.165) is 10.5 Å². The zero-order valence-corrected chi connectivity index (χ0v) is 12.8. The molecule has 0 atom stereocenters. The minimum atomic E-state index is -4.45. The molecule has 0 spiro atoms. The number of rotatable bonds is 4. The number of benzene rings is 2. The first-order valence-electron chi connectivity index (χ1n) is 6.27.